The molecule has 130 valence electrons. The Hall–Kier alpha value is -3.48. The summed E-state index contributed by atoms with van der Waals surface area (Å²) in [5.74, 6) is -0.0369. The Morgan fingerprint density at radius 3 is 2.88 bits per heavy atom. The van der Waals surface area contributed by atoms with Gasteiger partial charge in [-0.25, -0.2) is 4.98 Å². The summed E-state index contributed by atoms with van der Waals surface area (Å²) < 4.78 is 5.45. The first-order valence-corrected chi connectivity index (χ1v) is 8.17. The molecule has 0 spiro atoms. The minimum absolute atomic E-state index is 0.149. The molecule has 1 aromatic carbocycles. The van der Waals surface area contributed by atoms with Crippen LogP contribution in [0.25, 0.3) is 22.0 Å². The molecule has 0 radical (unpaired) electrons. The number of furan rings is 1. The maximum atomic E-state index is 12.8. The molecular weight excluding hydrogens is 332 g/mol. The molecule has 2 N–H and O–H groups in total. The predicted octanol–water partition coefficient (Wildman–Crippen LogP) is 2.86. The van der Waals surface area contributed by atoms with Crippen molar-refractivity contribution < 1.29 is 9.21 Å². The molecule has 0 unspecified atom stereocenters. The highest BCUT2D eigenvalue weighted by molar-refractivity contribution is 6.06. The molecule has 1 amide bonds. The van der Waals surface area contributed by atoms with Gasteiger partial charge in [-0.1, -0.05) is 24.3 Å². The van der Waals surface area contributed by atoms with Crippen LogP contribution in [0.15, 0.2) is 52.1 Å². The largest absolute Gasteiger partial charge is 0.442 e. The molecule has 26 heavy (non-hydrogen) atoms. The first kappa shape index (κ1) is 16.0. The van der Waals surface area contributed by atoms with Gasteiger partial charge in [0.2, 0.25) is 5.71 Å². The fourth-order valence-corrected chi connectivity index (χ4v) is 3.15. The highest BCUT2D eigenvalue weighted by Gasteiger charge is 2.23. The fraction of sp³-hybridized carbons (Fsp3) is 0.158. The van der Waals surface area contributed by atoms with Crippen molar-refractivity contribution in [2.75, 3.05) is 0 Å². The number of para-hydroxylation sites is 1. The zero-order valence-corrected chi connectivity index (χ0v) is 14.2. The highest BCUT2D eigenvalue weighted by Crippen LogP contribution is 2.24. The molecule has 3 aromatic heterocycles. The zero-order valence-electron chi connectivity index (χ0n) is 14.2. The van der Waals surface area contributed by atoms with E-state index in [0.717, 1.165) is 16.5 Å². The van der Waals surface area contributed by atoms with Gasteiger partial charge in [-0.05, 0) is 19.9 Å². The van der Waals surface area contributed by atoms with E-state index in [1.807, 2.05) is 37.3 Å². The van der Waals surface area contributed by atoms with Crippen molar-refractivity contribution in [2.24, 2.45) is 0 Å². The highest BCUT2D eigenvalue weighted by atomic mass is 16.3. The third-order valence-corrected chi connectivity index (χ3v) is 4.38. The second-order valence-corrected chi connectivity index (χ2v) is 6.06. The van der Waals surface area contributed by atoms with Gasteiger partial charge in [0.15, 0.2) is 0 Å². The van der Waals surface area contributed by atoms with Gasteiger partial charge >= 0.3 is 0 Å². The van der Waals surface area contributed by atoms with Gasteiger partial charge in [0, 0.05) is 17.1 Å². The van der Waals surface area contributed by atoms with E-state index in [2.05, 4.69) is 20.3 Å². The van der Waals surface area contributed by atoms with Crippen molar-refractivity contribution in [2.45, 2.75) is 19.9 Å². The number of rotatable bonds is 3. The maximum absolute atomic E-state index is 12.8. The number of hydrogen-bond acceptors (Lipinski definition) is 5. The van der Waals surface area contributed by atoms with Gasteiger partial charge in [-0.2, -0.15) is 0 Å². The van der Waals surface area contributed by atoms with Crippen molar-refractivity contribution >= 4 is 27.9 Å². The van der Waals surface area contributed by atoms with E-state index in [1.165, 1.54) is 6.33 Å². The van der Waals surface area contributed by atoms with Gasteiger partial charge in [0.1, 0.15) is 11.1 Å². The molecule has 0 bridgehead atoms. The first-order chi connectivity index (χ1) is 12.6. The quantitative estimate of drug-likeness (QED) is 0.593. The average Bonchev–Trinajstić information content (AvgIpc) is 2.98. The first-order valence-electron chi connectivity index (χ1n) is 8.17. The lowest BCUT2D eigenvalue weighted by molar-refractivity contribution is 0.0940. The summed E-state index contributed by atoms with van der Waals surface area (Å²) in [6.45, 7) is 3.52. The number of hydrogen-bond donors (Lipinski definition) is 2. The van der Waals surface area contributed by atoms with Gasteiger partial charge in [0.05, 0.1) is 23.4 Å². The molecule has 7 heteroatoms. The van der Waals surface area contributed by atoms with E-state index in [4.69, 9.17) is 4.42 Å². The van der Waals surface area contributed by atoms with Gasteiger partial charge < -0.3 is 14.7 Å². The fourth-order valence-electron chi connectivity index (χ4n) is 3.15. The van der Waals surface area contributed by atoms with Gasteiger partial charge in [0.25, 0.3) is 11.5 Å². The number of aromatic amines is 1. The second kappa shape index (κ2) is 6.11. The van der Waals surface area contributed by atoms with E-state index in [9.17, 15) is 9.59 Å². The Bertz CT molecular complexity index is 1190. The van der Waals surface area contributed by atoms with Crippen LogP contribution >= 0.6 is 0 Å². The Morgan fingerprint density at radius 2 is 2.04 bits per heavy atom. The summed E-state index contributed by atoms with van der Waals surface area (Å²) in [7, 11) is 0. The number of nitrogens with zero attached hydrogens (tertiary/aromatic N) is 2. The zero-order chi connectivity index (χ0) is 18.3. The second-order valence-electron chi connectivity index (χ2n) is 6.06. The third kappa shape index (κ3) is 2.54. The van der Waals surface area contributed by atoms with Crippen LogP contribution in [0.3, 0.4) is 0 Å². The van der Waals surface area contributed by atoms with Crippen LogP contribution in [-0.4, -0.2) is 20.9 Å². The Balaban J connectivity index is 1.73. The van der Waals surface area contributed by atoms with Crippen molar-refractivity contribution in [1.29, 1.82) is 0 Å². The molecular formula is C19H16N4O3. The number of carbonyl (C=O) groups excluding carboxylic acids is 1. The maximum Gasteiger partial charge on any atom is 0.262 e. The van der Waals surface area contributed by atoms with Crippen LogP contribution < -0.4 is 10.9 Å². The van der Waals surface area contributed by atoms with Gasteiger partial charge in [-0.3, -0.25) is 14.6 Å². The Labute approximate surface area is 148 Å². The average molecular weight is 348 g/mol. The molecule has 0 aliphatic carbocycles. The molecule has 0 saturated heterocycles. The lowest BCUT2D eigenvalue weighted by Gasteiger charge is -2.16. The summed E-state index contributed by atoms with van der Waals surface area (Å²) in [5, 5.41) is 4.09. The number of benzene rings is 1. The smallest absolute Gasteiger partial charge is 0.262 e. The number of pyridine rings is 1. The van der Waals surface area contributed by atoms with E-state index in [1.54, 1.807) is 13.1 Å². The van der Waals surface area contributed by atoms with Gasteiger partial charge in [-0.15, -0.1) is 0 Å². The molecule has 0 saturated carbocycles. The summed E-state index contributed by atoms with van der Waals surface area (Å²) in [6.07, 6.45) is 2.97. The van der Waals surface area contributed by atoms with E-state index >= 15 is 0 Å². The third-order valence-electron chi connectivity index (χ3n) is 4.38. The molecule has 0 aliphatic heterocycles. The standard InChI is InChI=1S/C19H16N4O3/c1-10(13-7-3-5-12-6-4-8-20-16(12)13)23-18(25)14-11(2)26-19-15(14)17(24)21-9-22-19/h3-10H,1-2H3,(H,23,25)(H,21,22,24)/t10-/m1/s1. The van der Waals surface area contributed by atoms with Crippen molar-refractivity contribution in [3.05, 3.63) is 70.1 Å². The summed E-state index contributed by atoms with van der Waals surface area (Å²) in [5.41, 5.74) is 1.67. The number of amides is 1. The minimum Gasteiger partial charge on any atom is -0.442 e. The molecule has 3 heterocycles. The van der Waals surface area contributed by atoms with Crippen LogP contribution in [0, 0.1) is 6.92 Å². The molecule has 4 aromatic rings. The Kier molecular flexibility index (Phi) is 3.76. The molecule has 7 nitrogen and oxygen atoms in total. The number of aromatic nitrogens is 3. The molecule has 1 atom stereocenters. The normalized spacial score (nSPS) is 12.4. The SMILES string of the molecule is Cc1oc2nc[nH]c(=O)c2c1C(=O)N[C@H](C)c1cccc2cccnc12. The summed E-state index contributed by atoms with van der Waals surface area (Å²) in [4.78, 5) is 35.8. The van der Waals surface area contributed by atoms with Crippen molar-refractivity contribution in [3.63, 3.8) is 0 Å². The molecule has 0 aliphatic rings. The number of fused-ring (bicyclic) bond motifs is 2. The summed E-state index contributed by atoms with van der Waals surface area (Å²) in [6, 6.07) is 9.36. The lowest BCUT2D eigenvalue weighted by Crippen LogP contribution is -2.28. The van der Waals surface area contributed by atoms with Crippen molar-refractivity contribution in [3.8, 4) is 0 Å². The number of carbonyl (C=O) groups is 1. The topological polar surface area (TPSA) is 101 Å². The van der Waals surface area contributed by atoms with E-state index < -0.39 is 5.56 Å². The van der Waals surface area contributed by atoms with Crippen LogP contribution in [-0.2, 0) is 0 Å². The minimum atomic E-state index is -0.406. The number of H-pyrrole nitrogens is 1. The number of nitrogens with one attached hydrogen (secondary N) is 2. The molecule has 4 rings (SSSR count). The predicted molar refractivity (Wildman–Crippen MR) is 97.0 cm³/mol. The monoisotopic (exact) mass is 348 g/mol. The van der Waals surface area contributed by atoms with Crippen LogP contribution in [0.5, 0.6) is 0 Å². The van der Waals surface area contributed by atoms with Crippen molar-refractivity contribution in [1.82, 2.24) is 20.3 Å². The Morgan fingerprint density at radius 1 is 1.23 bits per heavy atom. The lowest BCUT2D eigenvalue weighted by atomic mass is 10.0. The van der Waals surface area contributed by atoms with Crippen LogP contribution in [0.1, 0.15) is 34.6 Å². The number of aryl methyl sites for hydroxylation is 1. The van der Waals surface area contributed by atoms with E-state index in [-0.39, 0.29) is 28.6 Å². The van der Waals surface area contributed by atoms with Crippen LogP contribution in [0.2, 0.25) is 0 Å². The molecule has 0 fully saturated rings. The van der Waals surface area contributed by atoms with Crippen LogP contribution in [0.4, 0.5) is 0 Å². The van der Waals surface area contributed by atoms with E-state index in [0.29, 0.717) is 5.76 Å². The summed E-state index contributed by atoms with van der Waals surface area (Å²) >= 11 is 0.